The molecule has 0 saturated carbocycles. The largest absolute Gasteiger partial charge is 0.484 e. The molecule has 122 valence electrons. The van der Waals surface area contributed by atoms with Crippen molar-refractivity contribution in [1.29, 1.82) is 0 Å². The molecule has 0 aliphatic carbocycles. The Labute approximate surface area is 142 Å². The van der Waals surface area contributed by atoms with Crippen molar-refractivity contribution in [2.45, 2.75) is 13.1 Å². The molecule has 0 spiro atoms. The summed E-state index contributed by atoms with van der Waals surface area (Å²) in [7, 11) is 4.24. The van der Waals surface area contributed by atoms with Crippen LogP contribution in [-0.2, 0) is 17.9 Å². The number of quaternary nitrogens is 1. The molecule has 0 aliphatic heterocycles. The van der Waals surface area contributed by atoms with Crippen LogP contribution in [0.1, 0.15) is 11.1 Å². The summed E-state index contributed by atoms with van der Waals surface area (Å²) in [5.74, 6) is 0.474. The van der Waals surface area contributed by atoms with Crippen molar-refractivity contribution in [2.24, 2.45) is 0 Å². The predicted molar refractivity (Wildman–Crippen MR) is 91.8 cm³/mol. The van der Waals surface area contributed by atoms with Gasteiger partial charge in [-0.25, -0.2) is 0 Å². The second kappa shape index (κ2) is 8.56. The van der Waals surface area contributed by atoms with Crippen molar-refractivity contribution in [1.82, 2.24) is 5.32 Å². The SMILES string of the molecule is C[NH+](C)Cc1ccc(CNC(=O)COc2ccc(Cl)cc2)cc1. The zero-order valence-corrected chi connectivity index (χ0v) is 14.2. The van der Waals surface area contributed by atoms with Crippen molar-refractivity contribution in [3.8, 4) is 5.75 Å². The predicted octanol–water partition coefficient (Wildman–Crippen LogP) is 1.68. The average Bonchev–Trinajstić information content (AvgIpc) is 2.53. The van der Waals surface area contributed by atoms with Crippen LogP contribution in [0.5, 0.6) is 5.75 Å². The quantitative estimate of drug-likeness (QED) is 0.809. The standard InChI is InChI=1S/C18H21ClN2O2/c1-21(2)12-15-5-3-14(4-6-15)11-20-18(22)13-23-17-9-7-16(19)8-10-17/h3-10H,11-13H2,1-2H3,(H,20,22)/p+1. The number of halogens is 1. The summed E-state index contributed by atoms with van der Waals surface area (Å²) in [5.41, 5.74) is 2.36. The summed E-state index contributed by atoms with van der Waals surface area (Å²) in [5, 5.41) is 3.49. The van der Waals surface area contributed by atoms with E-state index >= 15 is 0 Å². The molecule has 0 heterocycles. The number of nitrogens with one attached hydrogen (secondary N) is 2. The molecule has 0 atom stereocenters. The first-order valence-electron chi connectivity index (χ1n) is 7.55. The average molecular weight is 334 g/mol. The monoisotopic (exact) mass is 333 g/mol. The second-order valence-corrected chi connectivity index (χ2v) is 6.16. The second-order valence-electron chi connectivity index (χ2n) is 5.72. The minimum Gasteiger partial charge on any atom is -0.484 e. The van der Waals surface area contributed by atoms with E-state index in [-0.39, 0.29) is 12.5 Å². The Morgan fingerprint density at radius 2 is 1.65 bits per heavy atom. The van der Waals surface area contributed by atoms with Crippen LogP contribution in [-0.4, -0.2) is 26.6 Å². The maximum atomic E-state index is 11.8. The third-order valence-electron chi connectivity index (χ3n) is 3.25. The van der Waals surface area contributed by atoms with Gasteiger partial charge in [0.05, 0.1) is 14.1 Å². The van der Waals surface area contributed by atoms with Crippen LogP contribution in [0.15, 0.2) is 48.5 Å². The zero-order chi connectivity index (χ0) is 16.7. The maximum Gasteiger partial charge on any atom is 0.258 e. The van der Waals surface area contributed by atoms with Crippen molar-refractivity contribution >= 4 is 17.5 Å². The van der Waals surface area contributed by atoms with E-state index in [0.29, 0.717) is 17.3 Å². The molecule has 2 rings (SSSR count). The smallest absolute Gasteiger partial charge is 0.258 e. The van der Waals surface area contributed by atoms with Gasteiger partial charge >= 0.3 is 0 Å². The fraction of sp³-hybridized carbons (Fsp3) is 0.278. The fourth-order valence-electron chi connectivity index (χ4n) is 2.11. The summed E-state index contributed by atoms with van der Waals surface area (Å²) in [6, 6.07) is 15.2. The molecular weight excluding hydrogens is 312 g/mol. The first kappa shape index (κ1) is 17.3. The molecule has 4 nitrogen and oxygen atoms in total. The van der Waals surface area contributed by atoms with Crippen LogP contribution < -0.4 is 15.0 Å². The molecule has 2 aromatic carbocycles. The number of hydrogen-bond donors (Lipinski definition) is 2. The highest BCUT2D eigenvalue weighted by Gasteiger charge is 2.04. The van der Waals surface area contributed by atoms with Crippen molar-refractivity contribution < 1.29 is 14.4 Å². The molecule has 0 bridgehead atoms. The number of rotatable bonds is 7. The highest BCUT2D eigenvalue weighted by molar-refractivity contribution is 6.30. The van der Waals surface area contributed by atoms with E-state index in [1.54, 1.807) is 24.3 Å². The lowest BCUT2D eigenvalue weighted by Crippen LogP contribution is -3.04. The third kappa shape index (κ3) is 6.30. The van der Waals surface area contributed by atoms with Crippen molar-refractivity contribution in [2.75, 3.05) is 20.7 Å². The van der Waals surface area contributed by atoms with Crippen molar-refractivity contribution in [3.63, 3.8) is 0 Å². The first-order valence-corrected chi connectivity index (χ1v) is 7.92. The van der Waals surface area contributed by atoms with Crippen LogP contribution in [0.25, 0.3) is 0 Å². The molecule has 0 fully saturated rings. The lowest BCUT2D eigenvalue weighted by atomic mass is 10.1. The van der Waals surface area contributed by atoms with Gasteiger partial charge in [-0.05, 0) is 29.8 Å². The van der Waals surface area contributed by atoms with Gasteiger partial charge in [-0.3, -0.25) is 4.79 Å². The van der Waals surface area contributed by atoms with E-state index in [9.17, 15) is 4.79 Å². The van der Waals surface area contributed by atoms with Gasteiger partial charge in [-0.2, -0.15) is 0 Å². The van der Waals surface area contributed by atoms with Gasteiger partial charge in [0.25, 0.3) is 5.91 Å². The lowest BCUT2D eigenvalue weighted by Gasteiger charge is -2.09. The fourth-order valence-corrected chi connectivity index (χ4v) is 2.24. The van der Waals surface area contributed by atoms with Crippen LogP contribution in [0.2, 0.25) is 5.02 Å². The van der Waals surface area contributed by atoms with E-state index in [1.165, 1.54) is 10.5 Å². The Morgan fingerprint density at radius 3 is 2.26 bits per heavy atom. The number of ether oxygens (including phenoxy) is 1. The number of hydrogen-bond acceptors (Lipinski definition) is 2. The molecule has 1 amide bonds. The summed E-state index contributed by atoms with van der Waals surface area (Å²) in [6.07, 6.45) is 0. The first-order chi connectivity index (χ1) is 11.0. The Morgan fingerprint density at radius 1 is 1.04 bits per heavy atom. The zero-order valence-electron chi connectivity index (χ0n) is 13.4. The Hall–Kier alpha value is -2.04. The molecular formula is C18H22ClN2O2+. The minimum absolute atomic E-state index is 0.0102. The lowest BCUT2D eigenvalue weighted by molar-refractivity contribution is -0.872. The number of amides is 1. The number of carbonyl (C=O) groups excluding carboxylic acids is 1. The summed E-state index contributed by atoms with van der Waals surface area (Å²) in [4.78, 5) is 13.2. The summed E-state index contributed by atoms with van der Waals surface area (Å²) >= 11 is 5.79. The molecule has 2 aromatic rings. The van der Waals surface area contributed by atoms with Crippen LogP contribution in [0.3, 0.4) is 0 Å². The summed E-state index contributed by atoms with van der Waals surface area (Å²) in [6.45, 7) is 1.48. The summed E-state index contributed by atoms with van der Waals surface area (Å²) < 4.78 is 5.40. The van der Waals surface area contributed by atoms with Gasteiger partial charge in [0.1, 0.15) is 12.3 Å². The Bertz CT molecular complexity index is 624. The van der Waals surface area contributed by atoms with E-state index in [4.69, 9.17) is 16.3 Å². The Kier molecular flexibility index (Phi) is 6.44. The van der Waals surface area contributed by atoms with Crippen LogP contribution in [0.4, 0.5) is 0 Å². The molecule has 2 N–H and O–H groups in total. The van der Waals surface area contributed by atoms with Gasteiger partial charge in [0, 0.05) is 17.1 Å². The third-order valence-corrected chi connectivity index (χ3v) is 3.51. The maximum absolute atomic E-state index is 11.8. The minimum atomic E-state index is -0.151. The van der Waals surface area contributed by atoms with Crippen LogP contribution in [0, 0.1) is 0 Å². The van der Waals surface area contributed by atoms with Gasteiger partial charge in [0.2, 0.25) is 0 Å². The molecule has 0 aromatic heterocycles. The number of benzene rings is 2. The highest BCUT2D eigenvalue weighted by atomic mass is 35.5. The molecule has 5 heteroatoms. The Balaban J connectivity index is 1.74. The van der Waals surface area contributed by atoms with E-state index < -0.39 is 0 Å². The van der Waals surface area contributed by atoms with E-state index in [0.717, 1.165) is 12.1 Å². The van der Waals surface area contributed by atoms with Gasteiger partial charge < -0.3 is 15.0 Å². The van der Waals surface area contributed by atoms with Crippen LogP contribution >= 0.6 is 11.6 Å². The molecule has 0 aliphatic rings. The molecule has 0 radical (unpaired) electrons. The van der Waals surface area contributed by atoms with Crippen molar-refractivity contribution in [3.05, 3.63) is 64.7 Å². The molecule has 0 saturated heterocycles. The normalized spacial score (nSPS) is 10.6. The number of carbonyl (C=O) groups is 1. The molecule has 0 unspecified atom stereocenters. The molecule has 23 heavy (non-hydrogen) atoms. The topological polar surface area (TPSA) is 42.8 Å². The van der Waals surface area contributed by atoms with E-state index in [2.05, 4.69) is 31.5 Å². The van der Waals surface area contributed by atoms with Gasteiger partial charge in [-0.1, -0.05) is 35.9 Å². The highest BCUT2D eigenvalue weighted by Crippen LogP contribution is 2.15. The van der Waals surface area contributed by atoms with Gasteiger partial charge in [-0.15, -0.1) is 0 Å². The van der Waals surface area contributed by atoms with E-state index in [1.807, 2.05) is 12.1 Å². The van der Waals surface area contributed by atoms with Gasteiger partial charge in [0.15, 0.2) is 6.61 Å².